The lowest BCUT2D eigenvalue weighted by Crippen LogP contribution is -2.27. The summed E-state index contributed by atoms with van der Waals surface area (Å²) in [6.07, 6.45) is 5.49. The molecule has 80 valence electrons. The highest BCUT2D eigenvalue weighted by Gasteiger charge is 2.09. The summed E-state index contributed by atoms with van der Waals surface area (Å²) in [6, 6.07) is 0.587. The first-order chi connectivity index (χ1) is 6.72. The molecule has 3 heteroatoms. The number of rotatable bonds is 6. The van der Waals surface area contributed by atoms with Crippen LogP contribution >= 0.6 is 11.3 Å². The zero-order chi connectivity index (χ0) is 10.4. The Morgan fingerprint density at radius 2 is 2.21 bits per heavy atom. The molecule has 0 amide bonds. The number of hydrogen-bond acceptors (Lipinski definition) is 3. The maximum atomic E-state index is 4.31. The second-order valence-electron chi connectivity index (χ2n) is 4.09. The quantitative estimate of drug-likeness (QED) is 0.784. The molecule has 0 aliphatic rings. The number of aromatic nitrogens is 1. The largest absolute Gasteiger partial charge is 0.317 e. The molecule has 0 aromatic carbocycles. The summed E-state index contributed by atoms with van der Waals surface area (Å²) in [5, 5.41) is 6.65. The SMILES string of the molecule is CNC(CCC(C)C)Cc1nccs1. The van der Waals surface area contributed by atoms with E-state index < -0.39 is 0 Å². The van der Waals surface area contributed by atoms with E-state index in [1.165, 1.54) is 17.8 Å². The van der Waals surface area contributed by atoms with Crippen LogP contribution in [0.4, 0.5) is 0 Å². The van der Waals surface area contributed by atoms with E-state index in [0.717, 1.165) is 12.3 Å². The maximum Gasteiger partial charge on any atom is 0.0940 e. The standard InChI is InChI=1S/C11H20N2S/c1-9(2)4-5-10(12-3)8-11-13-6-7-14-11/h6-7,9-10,12H,4-5,8H2,1-3H3. The number of nitrogens with one attached hydrogen (secondary N) is 1. The van der Waals surface area contributed by atoms with Gasteiger partial charge in [-0.15, -0.1) is 11.3 Å². The van der Waals surface area contributed by atoms with E-state index in [1.807, 2.05) is 18.6 Å². The zero-order valence-electron chi connectivity index (χ0n) is 9.29. The highest BCUT2D eigenvalue weighted by molar-refractivity contribution is 7.09. The van der Waals surface area contributed by atoms with Crippen LogP contribution in [0, 0.1) is 5.92 Å². The van der Waals surface area contributed by atoms with Crippen molar-refractivity contribution in [3.8, 4) is 0 Å². The van der Waals surface area contributed by atoms with Crippen LogP contribution in [0.25, 0.3) is 0 Å². The number of likely N-dealkylation sites (N-methyl/N-ethyl adjacent to an activating group) is 1. The van der Waals surface area contributed by atoms with Gasteiger partial charge < -0.3 is 5.32 Å². The minimum atomic E-state index is 0.587. The molecule has 0 aliphatic heterocycles. The topological polar surface area (TPSA) is 24.9 Å². The van der Waals surface area contributed by atoms with Crippen LogP contribution in [0.15, 0.2) is 11.6 Å². The predicted molar refractivity (Wildman–Crippen MR) is 62.7 cm³/mol. The zero-order valence-corrected chi connectivity index (χ0v) is 10.1. The Kier molecular flexibility index (Phi) is 5.12. The van der Waals surface area contributed by atoms with Crippen LogP contribution in [0.3, 0.4) is 0 Å². The van der Waals surface area contributed by atoms with Gasteiger partial charge in [0, 0.05) is 24.0 Å². The lowest BCUT2D eigenvalue weighted by Gasteiger charge is -2.15. The summed E-state index contributed by atoms with van der Waals surface area (Å²) in [7, 11) is 2.04. The van der Waals surface area contributed by atoms with Crippen LogP contribution in [0.2, 0.25) is 0 Å². The van der Waals surface area contributed by atoms with Gasteiger partial charge in [-0.1, -0.05) is 13.8 Å². The summed E-state index contributed by atoms with van der Waals surface area (Å²) in [5.74, 6) is 0.794. The molecule has 1 unspecified atom stereocenters. The van der Waals surface area contributed by atoms with E-state index in [0.29, 0.717) is 6.04 Å². The molecular formula is C11H20N2S. The lowest BCUT2D eigenvalue weighted by molar-refractivity contribution is 0.450. The first-order valence-corrected chi connectivity index (χ1v) is 6.16. The van der Waals surface area contributed by atoms with Crippen molar-refractivity contribution in [2.45, 2.75) is 39.2 Å². The monoisotopic (exact) mass is 212 g/mol. The molecule has 1 rings (SSSR count). The third kappa shape index (κ3) is 4.20. The molecular weight excluding hydrogens is 192 g/mol. The molecule has 2 nitrogen and oxygen atoms in total. The molecule has 1 aromatic heterocycles. The van der Waals surface area contributed by atoms with Gasteiger partial charge in [0.05, 0.1) is 5.01 Å². The Hall–Kier alpha value is -0.410. The molecule has 1 aromatic rings. The van der Waals surface area contributed by atoms with Crippen molar-refractivity contribution in [3.05, 3.63) is 16.6 Å². The van der Waals surface area contributed by atoms with E-state index in [4.69, 9.17) is 0 Å². The fourth-order valence-electron chi connectivity index (χ4n) is 1.45. The average molecular weight is 212 g/mol. The van der Waals surface area contributed by atoms with Crippen LogP contribution in [-0.4, -0.2) is 18.1 Å². The van der Waals surface area contributed by atoms with Gasteiger partial charge >= 0.3 is 0 Å². The summed E-state index contributed by atoms with van der Waals surface area (Å²) in [5.41, 5.74) is 0. The van der Waals surface area contributed by atoms with Crippen molar-refractivity contribution in [1.82, 2.24) is 10.3 Å². The van der Waals surface area contributed by atoms with E-state index in [2.05, 4.69) is 24.1 Å². The van der Waals surface area contributed by atoms with E-state index in [9.17, 15) is 0 Å². The third-order valence-corrected chi connectivity index (χ3v) is 3.21. The van der Waals surface area contributed by atoms with E-state index in [1.54, 1.807) is 11.3 Å². The van der Waals surface area contributed by atoms with Gasteiger partial charge in [0.15, 0.2) is 0 Å². The molecule has 0 bridgehead atoms. The van der Waals surface area contributed by atoms with Crippen molar-refractivity contribution in [2.24, 2.45) is 5.92 Å². The Morgan fingerprint density at radius 3 is 2.71 bits per heavy atom. The van der Waals surface area contributed by atoms with Gasteiger partial charge in [0.1, 0.15) is 0 Å². The average Bonchev–Trinajstić information content (AvgIpc) is 2.64. The second kappa shape index (κ2) is 6.14. The molecule has 0 saturated heterocycles. The highest BCUT2D eigenvalue weighted by Crippen LogP contribution is 2.12. The second-order valence-corrected chi connectivity index (χ2v) is 5.07. The Bertz CT molecular complexity index is 231. The fraction of sp³-hybridized carbons (Fsp3) is 0.727. The Labute approximate surface area is 90.8 Å². The first kappa shape index (κ1) is 11.7. The van der Waals surface area contributed by atoms with Crippen LogP contribution in [0.5, 0.6) is 0 Å². The smallest absolute Gasteiger partial charge is 0.0940 e. The molecule has 0 spiro atoms. The predicted octanol–water partition coefficient (Wildman–Crippen LogP) is 2.71. The molecule has 1 atom stereocenters. The van der Waals surface area contributed by atoms with Crippen LogP contribution in [0.1, 0.15) is 31.7 Å². The summed E-state index contributed by atoms with van der Waals surface area (Å²) >= 11 is 1.75. The summed E-state index contributed by atoms with van der Waals surface area (Å²) < 4.78 is 0. The molecule has 0 saturated carbocycles. The minimum absolute atomic E-state index is 0.587. The van der Waals surface area contributed by atoms with Gasteiger partial charge in [-0.3, -0.25) is 0 Å². The van der Waals surface area contributed by atoms with Crippen LogP contribution in [-0.2, 0) is 6.42 Å². The fourth-order valence-corrected chi connectivity index (χ4v) is 2.15. The summed E-state index contributed by atoms with van der Waals surface area (Å²) in [6.45, 7) is 4.55. The lowest BCUT2D eigenvalue weighted by atomic mass is 10.0. The van der Waals surface area contributed by atoms with Gasteiger partial charge in [-0.2, -0.15) is 0 Å². The molecule has 0 fully saturated rings. The number of nitrogens with zero attached hydrogens (tertiary/aromatic N) is 1. The normalized spacial score (nSPS) is 13.4. The van der Waals surface area contributed by atoms with Crippen molar-refractivity contribution >= 4 is 11.3 Å². The molecule has 14 heavy (non-hydrogen) atoms. The van der Waals surface area contributed by atoms with Gasteiger partial charge in [-0.05, 0) is 25.8 Å². The number of hydrogen-bond donors (Lipinski definition) is 1. The Morgan fingerprint density at radius 1 is 1.43 bits per heavy atom. The van der Waals surface area contributed by atoms with Gasteiger partial charge in [0.2, 0.25) is 0 Å². The van der Waals surface area contributed by atoms with E-state index in [-0.39, 0.29) is 0 Å². The Balaban J connectivity index is 2.32. The van der Waals surface area contributed by atoms with E-state index >= 15 is 0 Å². The minimum Gasteiger partial charge on any atom is -0.317 e. The first-order valence-electron chi connectivity index (χ1n) is 5.28. The highest BCUT2D eigenvalue weighted by atomic mass is 32.1. The van der Waals surface area contributed by atoms with Gasteiger partial charge in [0.25, 0.3) is 0 Å². The molecule has 0 radical (unpaired) electrons. The van der Waals surface area contributed by atoms with Crippen molar-refractivity contribution in [2.75, 3.05) is 7.05 Å². The molecule has 1 heterocycles. The molecule has 1 N–H and O–H groups in total. The van der Waals surface area contributed by atoms with Crippen molar-refractivity contribution < 1.29 is 0 Å². The third-order valence-electron chi connectivity index (χ3n) is 2.41. The summed E-state index contributed by atoms with van der Waals surface area (Å²) in [4.78, 5) is 4.31. The number of thiazole rings is 1. The van der Waals surface area contributed by atoms with Crippen molar-refractivity contribution in [3.63, 3.8) is 0 Å². The van der Waals surface area contributed by atoms with Crippen molar-refractivity contribution in [1.29, 1.82) is 0 Å². The van der Waals surface area contributed by atoms with Gasteiger partial charge in [-0.25, -0.2) is 4.98 Å². The maximum absolute atomic E-state index is 4.31. The molecule has 0 aliphatic carbocycles. The van der Waals surface area contributed by atoms with Crippen LogP contribution < -0.4 is 5.32 Å².